The van der Waals surface area contributed by atoms with Crippen molar-refractivity contribution in [1.29, 1.82) is 0 Å². The average molecular weight is 253 g/mol. The summed E-state index contributed by atoms with van der Waals surface area (Å²) in [7, 11) is 1.71. The minimum Gasteiger partial charge on any atom is -0.496 e. The van der Waals surface area contributed by atoms with Crippen LogP contribution in [0, 0.1) is 6.92 Å². The molecule has 0 saturated heterocycles. The van der Waals surface area contributed by atoms with E-state index in [4.69, 9.17) is 10.5 Å². The molecule has 1 aliphatic carbocycles. The van der Waals surface area contributed by atoms with Crippen LogP contribution < -0.4 is 10.5 Å². The van der Waals surface area contributed by atoms with Crippen molar-refractivity contribution >= 4 is 0 Å². The Morgan fingerprint density at radius 3 is 2.26 bits per heavy atom. The number of nitrogens with two attached hydrogens (primary N) is 1. The van der Waals surface area contributed by atoms with E-state index in [1.165, 1.54) is 16.7 Å². The summed E-state index contributed by atoms with van der Waals surface area (Å²) in [6.45, 7) is 2.09. The van der Waals surface area contributed by atoms with Crippen molar-refractivity contribution in [3.8, 4) is 5.75 Å². The molecule has 0 unspecified atom stereocenters. The molecule has 2 aromatic carbocycles. The molecule has 2 heteroatoms. The lowest BCUT2D eigenvalue weighted by atomic mass is 9.86. The van der Waals surface area contributed by atoms with Crippen molar-refractivity contribution in [2.24, 2.45) is 5.73 Å². The summed E-state index contributed by atoms with van der Waals surface area (Å²) >= 11 is 0. The van der Waals surface area contributed by atoms with Gasteiger partial charge in [0.25, 0.3) is 0 Å². The van der Waals surface area contributed by atoms with E-state index in [1.807, 2.05) is 6.07 Å². The smallest absolute Gasteiger partial charge is 0.123 e. The molecule has 0 amide bonds. The molecule has 0 spiro atoms. The second kappa shape index (κ2) is 4.39. The second-order valence-electron chi connectivity index (χ2n) is 5.48. The quantitative estimate of drug-likeness (QED) is 0.893. The second-order valence-corrected chi connectivity index (χ2v) is 5.48. The van der Waals surface area contributed by atoms with Crippen LogP contribution in [0.25, 0.3) is 0 Å². The maximum absolute atomic E-state index is 6.70. The van der Waals surface area contributed by atoms with Gasteiger partial charge in [-0.1, -0.05) is 42.0 Å². The fourth-order valence-electron chi connectivity index (χ4n) is 3.05. The number of aryl methyl sites for hydroxylation is 1. The molecular formula is C17H19NO. The number of hydrogen-bond donors (Lipinski definition) is 1. The third-order valence-electron chi connectivity index (χ3n) is 4.02. The Hall–Kier alpha value is -1.80. The average Bonchev–Trinajstić information content (AvgIpc) is 2.76. The molecule has 2 N–H and O–H groups in total. The van der Waals surface area contributed by atoms with Gasteiger partial charge >= 0.3 is 0 Å². The van der Waals surface area contributed by atoms with Gasteiger partial charge in [0.05, 0.1) is 12.6 Å². The summed E-state index contributed by atoms with van der Waals surface area (Å²) in [5.74, 6) is 0.890. The van der Waals surface area contributed by atoms with Crippen LogP contribution in [0.3, 0.4) is 0 Å². The Morgan fingerprint density at radius 2 is 1.68 bits per heavy atom. The summed E-state index contributed by atoms with van der Waals surface area (Å²) in [6.07, 6.45) is 1.76. The van der Waals surface area contributed by atoms with Crippen LogP contribution >= 0.6 is 0 Å². The summed E-state index contributed by atoms with van der Waals surface area (Å²) in [6, 6.07) is 14.7. The van der Waals surface area contributed by atoms with Crippen LogP contribution in [0.1, 0.15) is 22.3 Å². The Bertz CT molecular complexity index is 593. The fourth-order valence-corrected chi connectivity index (χ4v) is 3.05. The van der Waals surface area contributed by atoms with Crippen molar-refractivity contribution in [3.05, 3.63) is 64.7 Å². The number of ether oxygens (including phenoxy) is 1. The molecule has 0 radical (unpaired) electrons. The molecular weight excluding hydrogens is 234 g/mol. The summed E-state index contributed by atoms with van der Waals surface area (Å²) in [5.41, 5.74) is 11.4. The van der Waals surface area contributed by atoms with Gasteiger partial charge in [-0.2, -0.15) is 0 Å². The summed E-state index contributed by atoms with van der Waals surface area (Å²) < 4.78 is 5.50. The number of fused-ring (bicyclic) bond motifs is 1. The van der Waals surface area contributed by atoms with Gasteiger partial charge < -0.3 is 10.5 Å². The molecule has 0 aliphatic heterocycles. The summed E-state index contributed by atoms with van der Waals surface area (Å²) in [4.78, 5) is 0. The van der Waals surface area contributed by atoms with Crippen molar-refractivity contribution in [3.63, 3.8) is 0 Å². The van der Waals surface area contributed by atoms with Gasteiger partial charge in [-0.05, 0) is 37.0 Å². The number of rotatable bonds is 2. The molecule has 19 heavy (non-hydrogen) atoms. The highest BCUT2D eigenvalue weighted by molar-refractivity contribution is 5.48. The van der Waals surface area contributed by atoms with Crippen molar-refractivity contribution in [2.75, 3.05) is 7.11 Å². The Labute approximate surface area is 114 Å². The van der Waals surface area contributed by atoms with E-state index in [-0.39, 0.29) is 5.54 Å². The third-order valence-corrected chi connectivity index (χ3v) is 4.02. The van der Waals surface area contributed by atoms with Crippen LogP contribution in [0.15, 0.2) is 42.5 Å². The van der Waals surface area contributed by atoms with Gasteiger partial charge in [0.1, 0.15) is 5.75 Å². The SMILES string of the molecule is COc1ccc(C)cc1C1(N)Cc2ccccc2C1. The molecule has 0 atom stereocenters. The molecule has 0 aromatic heterocycles. The minimum absolute atomic E-state index is 0.346. The molecule has 3 rings (SSSR count). The zero-order valence-electron chi connectivity index (χ0n) is 11.4. The van der Waals surface area contributed by atoms with Crippen molar-refractivity contribution in [2.45, 2.75) is 25.3 Å². The lowest BCUT2D eigenvalue weighted by molar-refractivity contribution is 0.382. The molecule has 0 fully saturated rings. The highest BCUT2D eigenvalue weighted by Crippen LogP contribution is 2.39. The van der Waals surface area contributed by atoms with Gasteiger partial charge in [-0.3, -0.25) is 0 Å². The normalized spacial score (nSPS) is 16.2. The standard InChI is InChI=1S/C17H19NO/c1-12-7-8-16(19-2)15(9-12)17(18)10-13-5-3-4-6-14(13)11-17/h3-9H,10-11,18H2,1-2H3. The molecule has 0 heterocycles. The van der Waals surface area contributed by atoms with E-state index in [2.05, 4.69) is 43.3 Å². The first kappa shape index (κ1) is 12.2. The molecule has 98 valence electrons. The van der Waals surface area contributed by atoms with Crippen LogP contribution in [-0.2, 0) is 18.4 Å². The van der Waals surface area contributed by atoms with E-state index in [0.29, 0.717) is 0 Å². The highest BCUT2D eigenvalue weighted by Gasteiger charge is 2.37. The monoisotopic (exact) mass is 253 g/mol. The van der Waals surface area contributed by atoms with Crippen LogP contribution in [0.5, 0.6) is 5.75 Å². The predicted octanol–water partition coefficient (Wildman–Crippen LogP) is 2.96. The zero-order valence-corrected chi connectivity index (χ0v) is 11.4. The molecule has 2 nitrogen and oxygen atoms in total. The van der Waals surface area contributed by atoms with Crippen LogP contribution in [0.2, 0.25) is 0 Å². The first-order valence-corrected chi connectivity index (χ1v) is 6.63. The third kappa shape index (κ3) is 2.02. The lowest BCUT2D eigenvalue weighted by Crippen LogP contribution is -2.37. The first-order valence-electron chi connectivity index (χ1n) is 6.63. The van der Waals surface area contributed by atoms with E-state index < -0.39 is 0 Å². The van der Waals surface area contributed by atoms with Gasteiger partial charge in [-0.15, -0.1) is 0 Å². The van der Waals surface area contributed by atoms with Crippen LogP contribution in [0.4, 0.5) is 0 Å². The Morgan fingerprint density at radius 1 is 1.05 bits per heavy atom. The predicted molar refractivity (Wildman–Crippen MR) is 77.4 cm³/mol. The van der Waals surface area contributed by atoms with E-state index in [0.717, 1.165) is 24.2 Å². The summed E-state index contributed by atoms with van der Waals surface area (Å²) in [5, 5.41) is 0. The van der Waals surface area contributed by atoms with Gasteiger partial charge in [0.15, 0.2) is 0 Å². The zero-order chi connectivity index (χ0) is 13.5. The molecule has 0 saturated carbocycles. The first-order chi connectivity index (χ1) is 9.12. The van der Waals surface area contributed by atoms with E-state index in [1.54, 1.807) is 7.11 Å². The highest BCUT2D eigenvalue weighted by atomic mass is 16.5. The number of benzene rings is 2. The Kier molecular flexibility index (Phi) is 2.83. The number of hydrogen-bond acceptors (Lipinski definition) is 2. The number of methoxy groups -OCH3 is 1. The van der Waals surface area contributed by atoms with Gasteiger partial charge in [0.2, 0.25) is 0 Å². The topological polar surface area (TPSA) is 35.2 Å². The molecule has 2 aromatic rings. The maximum Gasteiger partial charge on any atom is 0.123 e. The largest absolute Gasteiger partial charge is 0.496 e. The lowest BCUT2D eigenvalue weighted by Gasteiger charge is -2.26. The molecule has 1 aliphatic rings. The van der Waals surface area contributed by atoms with Crippen LogP contribution in [-0.4, -0.2) is 7.11 Å². The van der Waals surface area contributed by atoms with Crippen molar-refractivity contribution in [1.82, 2.24) is 0 Å². The minimum atomic E-state index is -0.346. The van der Waals surface area contributed by atoms with Gasteiger partial charge in [-0.25, -0.2) is 0 Å². The maximum atomic E-state index is 6.70. The van der Waals surface area contributed by atoms with E-state index >= 15 is 0 Å². The Balaban J connectivity index is 2.06. The molecule has 0 bridgehead atoms. The van der Waals surface area contributed by atoms with Crippen molar-refractivity contribution < 1.29 is 4.74 Å². The van der Waals surface area contributed by atoms with Gasteiger partial charge in [0, 0.05) is 5.56 Å². The fraction of sp³-hybridized carbons (Fsp3) is 0.294. The van der Waals surface area contributed by atoms with E-state index in [9.17, 15) is 0 Å².